The summed E-state index contributed by atoms with van der Waals surface area (Å²) in [5.74, 6) is -14.8. The smallest absolute Gasteiger partial charge is 0.257 e. The minimum absolute atomic E-state index is 0.0816. The van der Waals surface area contributed by atoms with Gasteiger partial charge in [-0.3, -0.25) is 3.63 Å². The number of fused-ring (bicyclic) bond motifs is 3. The van der Waals surface area contributed by atoms with E-state index in [9.17, 15) is 47.6 Å². The van der Waals surface area contributed by atoms with E-state index in [2.05, 4.69) is 3.63 Å². The molecule has 6 rings (SSSR count). The van der Waals surface area contributed by atoms with Gasteiger partial charge in [-0.25, -0.2) is 8.42 Å². The van der Waals surface area contributed by atoms with Crippen LogP contribution >= 0.6 is 10.3 Å². The summed E-state index contributed by atoms with van der Waals surface area (Å²) in [7, 11) is -15.3. The average Bonchev–Trinajstić information content (AvgIpc) is 3.04. The van der Waals surface area contributed by atoms with Gasteiger partial charge < -0.3 is 0 Å². The quantitative estimate of drug-likeness (QED) is 0.118. The molecule has 17 heteroatoms. The van der Waals surface area contributed by atoms with Crippen molar-refractivity contribution in [2.24, 2.45) is 11.8 Å². The lowest BCUT2D eigenvalue weighted by atomic mass is 9.70. The van der Waals surface area contributed by atoms with Gasteiger partial charge in [0.25, 0.3) is 0 Å². The summed E-state index contributed by atoms with van der Waals surface area (Å²) in [6, 6.07) is 17.1. The van der Waals surface area contributed by atoms with Crippen LogP contribution in [0.5, 0.6) is 0 Å². The van der Waals surface area contributed by atoms with Crippen LogP contribution in [-0.2, 0) is 20.0 Å². The molecule has 1 N–H and O–H groups in total. The Balaban J connectivity index is 1.68. The lowest BCUT2D eigenvalue weighted by Crippen LogP contribution is -2.63. The van der Waals surface area contributed by atoms with Gasteiger partial charge in [0, 0.05) is 0 Å². The van der Waals surface area contributed by atoms with Crippen molar-refractivity contribution >= 4 is 30.3 Å². The number of sulfone groups is 1. The Morgan fingerprint density at radius 1 is 0.553 bits per heavy atom. The number of benzene rings is 3. The van der Waals surface area contributed by atoms with Crippen molar-refractivity contribution in [3.8, 4) is 0 Å². The third-order valence-corrected chi connectivity index (χ3v) is 16.4. The predicted molar refractivity (Wildman–Crippen MR) is 155 cm³/mol. The van der Waals surface area contributed by atoms with E-state index in [0.717, 1.165) is 49.9 Å². The lowest BCUT2D eigenvalue weighted by Gasteiger charge is -2.41. The second-order valence-corrected chi connectivity index (χ2v) is 18.3. The van der Waals surface area contributed by atoms with Gasteiger partial charge in [-0.05, 0) is 79.6 Å². The molecule has 2 bridgehead atoms. The first-order chi connectivity index (χ1) is 21.7. The largest absolute Gasteiger partial charge is 0.486 e. The first-order valence-corrected chi connectivity index (χ1v) is 18.7. The molecular formula is C30H28F9O5S3+. The molecule has 0 amide bonds. The van der Waals surface area contributed by atoms with E-state index < -0.39 is 58.8 Å². The van der Waals surface area contributed by atoms with Crippen LogP contribution in [0.4, 0.5) is 39.5 Å². The normalized spacial score (nSPS) is 21.9. The zero-order valence-electron chi connectivity index (χ0n) is 24.1. The molecule has 47 heavy (non-hydrogen) atoms. The third-order valence-electron chi connectivity index (χ3n) is 8.69. The third kappa shape index (κ3) is 5.73. The zero-order chi connectivity index (χ0) is 34.7. The SMILES string of the molecule is O=S(=O)(c1ccc(S([OH+]S(=O)(=O)C(F)(F)C(F)(F)C(F)(F)C(F)(F)F)(c2ccccc2)c2ccccc2)cc1)C1CC2CCC1CC2. The van der Waals surface area contributed by atoms with Crippen molar-refractivity contribution in [2.45, 2.75) is 80.2 Å². The first kappa shape index (κ1) is 35.5. The van der Waals surface area contributed by atoms with Crippen molar-refractivity contribution in [1.82, 2.24) is 0 Å². The number of rotatable bonds is 10. The lowest BCUT2D eigenvalue weighted by molar-refractivity contribution is -0.382. The molecule has 3 aliphatic rings. The number of hydrogen-bond donors (Lipinski definition) is 0. The molecule has 1 atom stereocenters. The molecule has 0 aliphatic heterocycles. The summed E-state index contributed by atoms with van der Waals surface area (Å²) in [4.78, 5) is -0.907. The molecule has 0 spiro atoms. The van der Waals surface area contributed by atoms with E-state index >= 15 is 8.78 Å². The molecular weight excluding hydrogens is 708 g/mol. The van der Waals surface area contributed by atoms with E-state index in [4.69, 9.17) is 0 Å². The molecule has 3 aliphatic carbocycles. The summed E-state index contributed by atoms with van der Waals surface area (Å²) in [5.41, 5.74) is 0. The Morgan fingerprint density at radius 3 is 1.38 bits per heavy atom. The Kier molecular flexibility index (Phi) is 9.06. The second-order valence-electron chi connectivity index (χ2n) is 11.5. The van der Waals surface area contributed by atoms with E-state index in [1.165, 1.54) is 60.7 Å². The molecule has 0 aromatic heterocycles. The fourth-order valence-electron chi connectivity index (χ4n) is 6.19. The minimum Gasteiger partial charge on any atom is -0.257 e. The van der Waals surface area contributed by atoms with Crippen LogP contribution in [0.3, 0.4) is 0 Å². The highest BCUT2D eigenvalue weighted by Gasteiger charge is 2.88. The standard InChI is InChI=1S/C30H27F9O5S3/c31-27(32,29(35,36)37)28(33,34)30(38,39)47(42,43)44-45(22-7-3-1-4-8-22,23-9-5-2-6-10-23)24-15-17-25(18-16-24)46(40,41)26-19-20-11-13-21(26)14-12-20/h1-10,15-18,20-21,26H,11-14,19H2/p+1. The fraction of sp³-hybridized carbons (Fsp3) is 0.400. The van der Waals surface area contributed by atoms with Gasteiger partial charge in [-0.1, -0.05) is 49.2 Å². The van der Waals surface area contributed by atoms with Gasteiger partial charge in [-0.2, -0.15) is 39.5 Å². The van der Waals surface area contributed by atoms with Crippen molar-refractivity contribution in [3.05, 3.63) is 84.9 Å². The predicted octanol–water partition coefficient (Wildman–Crippen LogP) is 9.08. The summed E-state index contributed by atoms with van der Waals surface area (Å²) < 4.78 is 182. The molecule has 258 valence electrons. The zero-order valence-corrected chi connectivity index (χ0v) is 26.5. The van der Waals surface area contributed by atoms with E-state index in [1.807, 2.05) is 0 Å². The Labute approximate surface area is 266 Å². The molecule has 3 fully saturated rings. The van der Waals surface area contributed by atoms with Crippen LogP contribution in [0.1, 0.15) is 32.1 Å². The van der Waals surface area contributed by atoms with Gasteiger partial charge in [0.05, 0.1) is 35.1 Å². The number of alkyl halides is 9. The van der Waals surface area contributed by atoms with Crippen molar-refractivity contribution < 1.29 is 60.0 Å². The summed E-state index contributed by atoms with van der Waals surface area (Å²) in [5, 5.41) is -7.76. The van der Waals surface area contributed by atoms with Crippen LogP contribution in [0, 0.1) is 11.8 Å². The number of halogens is 9. The average molecular weight is 736 g/mol. The van der Waals surface area contributed by atoms with Gasteiger partial charge in [0.1, 0.15) is 0 Å². The monoisotopic (exact) mass is 735 g/mol. The van der Waals surface area contributed by atoms with Gasteiger partial charge >= 0.3 is 33.4 Å². The highest BCUT2D eigenvalue weighted by Crippen LogP contribution is 2.69. The molecule has 3 aromatic rings. The van der Waals surface area contributed by atoms with E-state index in [0.29, 0.717) is 6.42 Å². The van der Waals surface area contributed by atoms with Crippen LogP contribution in [0.25, 0.3) is 0 Å². The molecule has 0 radical (unpaired) electrons. The molecule has 3 saturated carbocycles. The van der Waals surface area contributed by atoms with E-state index in [1.54, 1.807) is 0 Å². The molecule has 3 aromatic carbocycles. The number of hydrogen-bond acceptors (Lipinski definition) is 4. The highest BCUT2D eigenvalue weighted by molar-refractivity contribution is 8.32. The molecule has 0 saturated heterocycles. The van der Waals surface area contributed by atoms with E-state index in [-0.39, 0.29) is 31.4 Å². The maximum atomic E-state index is 15.1. The Hall–Kier alpha value is -2.76. The van der Waals surface area contributed by atoms with Crippen molar-refractivity contribution in [2.75, 3.05) is 0 Å². The summed E-state index contributed by atoms with van der Waals surface area (Å²) in [6.45, 7) is 0. The minimum atomic E-state index is -7.49. The maximum absolute atomic E-state index is 15.1. The first-order valence-electron chi connectivity index (χ1n) is 14.2. The Morgan fingerprint density at radius 2 is 0.979 bits per heavy atom. The summed E-state index contributed by atoms with van der Waals surface area (Å²) in [6.07, 6.45) is -3.54. The molecule has 1 unspecified atom stereocenters. The van der Waals surface area contributed by atoms with Gasteiger partial charge in [-0.15, -0.1) is 8.42 Å². The van der Waals surface area contributed by atoms with Crippen LogP contribution in [0.2, 0.25) is 0 Å². The van der Waals surface area contributed by atoms with Gasteiger partial charge in [0.15, 0.2) is 9.84 Å². The van der Waals surface area contributed by atoms with Crippen molar-refractivity contribution in [3.63, 3.8) is 0 Å². The van der Waals surface area contributed by atoms with Crippen LogP contribution in [0.15, 0.2) is 105 Å². The molecule has 5 nitrogen and oxygen atoms in total. The van der Waals surface area contributed by atoms with Gasteiger partial charge in [0.2, 0.25) is 0 Å². The summed E-state index contributed by atoms with van der Waals surface area (Å²) >= 11 is 0. The Bertz CT molecular complexity index is 1750. The van der Waals surface area contributed by atoms with Crippen LogP contribution in [-0.4, -0.2) is 49.0 Å². The second kappa shape index (κ2) is 12.0. The van der Waals surface area contributed by atoms with Crippen LogP contribution < -0.4 is 0 Å². The fourth-order valence-corrected chi connectivity index (χ4v) is 13.8. The molecule has 0 heterocycles. The topological polar surface area (TPSA) is 81.1 Å². The maximum Gasteiger partial charge on any atom is 0.486 e. The van der Waals surface area contributed by atoms with Crippen molar-refractivity contribution in [1.29, 1.82) is 0 Å². The highest BCUT2D eigenvalue weighted by atomic mass is 32.3.